The molecule has 4 heteroatoms. The molecule has 0 aromatic carbocycles. The summed E-state index contributed by atoms with van der Waals surface area (Å²) in [4.78, 5) is 14.2. The quantitative estimate of drug-likeness (QED) is 0.483. The molecule has 0 spiro atoms. The van der Waals surface area contributed by atoms with Crippen molar-refractivity contribution in [1.82, 2.24) is 0 Å². The molecular weight excluding hydrogens is 174 g/mol. The molecule has 0 radical (unpaired) electrons. The van der Waals surface area contributed by atoms with E-state index in [9.17, 15) is 4.79 Å². The lowest BCUT2D eigenvalue weighted by Crippen LogP contribution is -2.20. The van der Waals surface area contributed by atoms with Gasteiger partial charge in [0.25, 0.3) is 0 Å². The molecule has 0 saturated carbocycles. The van der Waals surface area contributed by atoms with Gasteiger partial charge >= 0.3 is 12.0 Å². The van der Waals surface area contributed by atoms with Gasteiger partial charge in [-0.25, -0.2) is 11.4 Å². The molecule has 12 heavy (non-hydrogen) atoms. The van der Waals surface area contributed by atoms with E-state index < -0.39 is 6.04 Å². The maximum atomic E-state index is 11.0. The summed E-state index contributed by atoms with van der Waals surface area (Å²) >= 11 is 1.63. The first-order valence-corrected chi connectivity index (χ1v) is 5.17. The van der Waals surface area contributed by atoms with Gasteiger partial charge in [-0.1, -0.05) is 0 Å². The summed E-state index contributed by atoms with van der Waals surface area (Å²) in [7, 11) is 0. The second-order valence-corrected chi connectivity index (χ2v) is 3.16. The molecule has 0 amide bonds. The van der Waals surface area contributed by atoms with Crippen LogP contribution in [0.2, 0.25) is 0 Å². The third kappa shape index (κ3) is 4.24. The van der Waals surface area contributed by atoms with Crippen LogP contribution in [-0.4, -0.2) is 30.6 Å². The zero-order chi connectivity index (χ0) is 9.40. The monoisotopic (exact) mass is 187 g/mol. The Kier molecular flexibility index (Phi) is 6.58. The molecule has 0 aliphatic heterocycles. The molecule has 0 rings (SSSR count). The molecule has 0 bridgehead atoms. The van der Waals surface area contributed by atoms with Gasteiger partial charge in [-0.05, 0) is 13.2 Å². The van der Waals surface area contributed by atoms with Crippen LogP contribution in [0.1, 0.15) is 13.3 Å². The largest absolute Gasteiger partial charge is 0.460 e. The van der Waals surface area contributed by atoms with Gasteiger partial charge in [-0.2, -0.15) is 11.8 Å². The third-order valence-electron chi connectivity index (χ3n) is 1.31. The minimum absolute atomic E-state index is 0.351. The number of nitrogens with zero attached hydrogens (tertiary/aromatic N) is 1. The maximum Gasteiger partial charge on any atom is 0.390 e. The highest BCUT2D eigenvalue weighted by Gasteiger charge is 2.23. The highest BCUT2D eigenvalue weighted by atomic mass is 32.2. The predicted octanol–water partition coefficient (Wildman–Crippen LogP) is 1.59. The van der Waals surface area contributed by atoms with E-state index in [1.807, 2.05) is 6.26 Å². The minimum Gasteiger partial charge on any atom is -0.460 e. The number of ether oxygens (including phenoxy) is 1. The summed E-state index contributed by atoms with van der Waals surface area (Å²) in [6.07, 6.45) is 2.54. The van der Waals surface area contributed by atoms with Crippen LogP contribution in [0, 0.1) is 6.57 Å². The first-order valence-electron chi connectivity index (χ1n) is 3.78. The van der Waals surface area contributed by atoms with E-state index in [1.165, 1.54) is 0 Å². The first kappa shape index (κ1) is 11.3. The molecule has 1 atom stereocenters. The summed E-state index contributed by atoms with van der Waals surface area (Å²) in [5.74, 6) is 0.438. The van der Waals surface area contributed by atoms with Gasteiger partial charge in [-0.15, -0.1) is 0 Å². The standard InChI is InChI=1S/C8H13NO2S/c1-4-11-8(10)7(9-2)5-6-12-3/h7H,4-6H2,1,3H3. The van der Waals surface area contributed by atoms with Crippen LogP contribution < -0.4 is 0 Å². The Morgan fingerprint density at radius 3 is 2.83 bits per heavy atom. The van der Waals surface area contributed by atoms with E-state index in [4.69, 9.17) is 11.3 Å². The summed E-state index contributed by atoms with van der Waals surface area (Å²) in [6, 6.07) is -0.600. The number of rotatable bonds is 5. The Balaban J connectivity index is 3.81. The van der Waals surface area contributed by atoms with Gasteiger partial charge in [0.2, 0.25) is 0 Å². The highest BCUT2D eigenvalue weighted by molar-refractivity contribution is 7.98. The van der Waals surface area contributed by atoms with E-state index in [0.29, 0.717) is 13.0 Å². The summed E-state index contributed by atoms with van der Waals surface area (Å²) < 4.78 is 4.73. The van der Waals surface area contributed by atoms with E-state index in [1.54, 1.807) is 18.7 Å². The molecule has 0 aliphatic carbocycles. The fourth-order valence-corrected chi connectivity index (χ4v) is 1.16. The van der Waals surface area contributed by atoms with Crippen LogP contribution in [0.3, 0.4) is 0 Å². The fraction of sp³-hybridized carbons (Fsp3) is 0.750. The second kappa shape index (κ2) is 6.99. The summed E-state index contributed by atoms with van der Waals surface area (Å²) in [5, 5.41) is 0. The lowest BCUT2D eigenvalue weighted by atomic mass is 10.2. The van der Waals surface area contributed by atoms with Crippen molar-refractivity contribution in [2.24, 2.45) is 0 Å². The van der Waals surface area contributed by atoms with Gasteiger partial charge in [-0.3, -0.25) is 0 Å². The number of hydrogen-bond donors (Lipinski definition) is 0. The maximum absolute atomic E-state index is 11.0. The zero-order valence-electron chi connectivity index (χ0n) is 7.37. The number of carbonyl (C=O) groups is 1. The Morgan fingerprint density at radius 2 is 2.42 bits per heavy atom. The Labute approximate surface area is 77.3 Å². The van der Waals surface area contributed by atoms with Crippen LogP contribution in [0.25, 0.3) is 4.85 Å². The van der Waals surface area contributed by atoms with Crippen LogP contribution in [-0.2, 0) is 9.53 Å². The lowest BCUT2D eigenvalue weighted by Gasteiger charge is -2.03. The average Bonchev–Trinajstić information content (AvgIpc) is 2.06. The molecule has 68 valence electrons. The summed E-state index contributed by atoms with van der Waals surface area (Å²) in [5.41, 5.74) is 0. The molecule has 0 fully saturated rings. The molecule has 0 aliphatic rings. The predicted molar refractivity (Wildman–Crippen MR) is 50.0 cm³/mol. The molecular formula is C8H13NO2S. The van der Waals surface area contributed by atoms with Crippen molar-refractivity contribution < 1.29 is 9.53 Å². The van der Waals surface area contributed by atoms with Crippen molar-refractivity contribution in [3.05, 3.63) is 11.4 Å². The average molecular weight is 187 g/mol. The SMILES string of the molecule is [C-]#[N+]C(CCSC)C(=O)OCC. The van der Waals surface area contributed by atoms with Gasteiger partial charge in [0.1, 0.15) is 0 Å². The fourth-order valence-electron chi connectivity index (χ4n) is 0.703. The van der Waals surface area contributed by atoms with Gasteiger partial charge in [0.15, 0.2) is 0 Å². The van der Waals surface area contributed by atoms with Crippen molar-refractivity contribution in [1.29, 1.82) is 0 Å². The number of hydrogen-bond acceptors (Lipinski definition) is 3. The molecule has 0 saturated heterocycles. The topological polar surface area (TPSA) is 30.7 Å². The Hall–Kier alpha value is -0.690. The number of thioether (sulfide) groups is 1. The van der Waals surface area contributed by atoms with Crippen molar-refractivity contribution in [3.8, 4) is 0 Å². The van der Waals surface area contributed by atoms with Crippen LogP contribution >= 0.6 is 11.8 Å². The number of carbonyl (C=O) groups excluding carboxylic acids is 1. The van der Waals surface area contributed by atoms with Crippen molar-refractivity contribution in [2.75, 3.05) is 18.6 Å². The smallest absolute Gasteiger partial charge is 0.390 e. The van der Waals surface area contributed by atoms with Crippen molar-refractivity contribution in [3.63, 3.8) is 0 Å². The third-order valence-corrected chi connectivity index (χ3v) is 1.95. The van der Waals surface area contributed by atoms with E-state index in [2.05, 4.69) is 4.85 Å². The van der Waals surface area contributed by atoms with Crippen LogP contribution in [0.5, 0.6) is 0 Å². The van der Waals surface area contributed by atoms with Crippen LogP contribution in [0.15, 0.2) is 0 Å². The summed E-state index contributed by atoms with van der Waals surface area (Å²) in [6.45, 7) is 8.86. The minimum atomic E-state index is -0.600. The molecule has 0 aromatic heterocycles. The van der Waals surface area contributed by atoms with Gasteiger partial charge in [0, 0.05) is 12.2 Å². The second-order valence-electron chi connectivity index (χ2n) is 2.18. The van der Waals surface area contributed by atoms with E-state index in [-0.39, 0.29) is 5.97 Å². The normalized spacial score (nSPS) is 11.8. The molecule has 0 aromatic rings. The van der Waals surface area contributed by atoms with E-state index >= 15 is 0 Å². The first-order chi connectivity index (χ1) is 5.76. The van der Waals surface area contributed by atoms with Crippen LogP contribution in [0.4, 0.5) is 0 Å². The van der Waals surface area contributed by atoms with Crippen molar-refractivity contribution in [2.45, 2.75) is 19.4 Å². The number of esters is 1. The Morgan fingerprint density at radius 1 is 1.75 bits per heavy atom. The molecule has 0 heterocycles. The Bertz CT molecular complexity index is 176. The van der Waals surface area contributed by atoms with E-state index in [0.717, 1.165) is 5.75 Å². The highest BCUT2D eigenvalue weighted by Crippen LogP contribution is 2.05. The molecule has 3 nitrogen and oxygen atoms in total. The molecule has 0 N–H and O–H groups in total. The zero-order valence-corrected chi connectivity index (χ0v) is 8.19. The lowest BCUT2D eigenvalue weighted by molar-refractivity contribution is -0.143. The molecule has 1 unspecified atom stereocenters. The van der Waals surface area contributed by atoms with Crippen molar-refractivity contribution >= 4 is 17.7 Å². The van der Waals surface area contributed by atoms with Gasteiger partial charge in [0.05, 0.1) is 6.61 Å². The van der Waals surface area contributed by atoms with Gasteiger partial charge < -0.3 is 9.58 Å².